The second-order valence-corrected chi connectivity index (χ2v) is 5.99. The first-order chi connectivity index (χ1) is 11.4. The van der Waals surface area contributed by atoms with E-state index < -0.39 is 4.92 Å². The minimum absolute atomic E-state index is 0.0429. The third-order valence-corrected chi connectivity index (χ3v) is 3.98. The van der Waals surface area contributed by atoms with Gasteiger partial charge in [0.1, 0.15) is 11.7 Å². The number of aryl methyl sites for hydroxylation is 1. The van der Waals surface area contributed by atoms with Crippen LogP contribution < -0.4 is 10.6 Å². The molecular weight excluding hydrogens is 330 g/mol. The molecule has 0 saturated heterocycles. The SMILES string of the molecule is Cc1cccc([N+](=O)[O-])c1NC(=O)C[NH2+][C@H](C)c1cccc(Cl)c1. The van der Waals surface area contributed by atoms with Crippen molar-refractivity contribution in [3.05, 3.63) is 68.7 Å². The molecule has 3 N–H and O–H groups in total. The largest absolute Gasteiger partial charge is 0.333 e. The van der Waals surface area contributed by atoms with Crippen molar-refractivity contribution in [2.75, 3.05) is 11.9 Å². The van der Waals surface area contributed by atoms with Gasteiger partial charge in [0.2, 0.25) is 0 Å². The van der Waals surface area contributed by atoms with Crippen LogP contribution in [-0.2, 0) is 4.79 Å². The lowest BCUT2D eigenvalue weighted by molar-refractivity contribution is -0.682. The Balaban J connectivity index is 2.01. The fourth-order valence-corrected chi connectivity index (χ4v) is 2.57. The lowest BCUT2D eigenvalue weighted by Gasteiger charge is -2.12. The topological polar surface area (TPSA) is 88.9 Å². The van der Waals surface area contributed by atoms with Crippen LogP contribution in [0.1, 0.15) is 24.1 Å². The summed E-state index contributed by atoms with van der Waals surface area (Å²) < 4.78 is 0. The lowest BCUT2D eigenvalue weighted by atomic mass is 10.1. The predicted molar refractivity (Wildman–Crippen MR) is 93.1 cm³/mol. The van der Waals surface area contributed by atoms with Gasteiger partial charge in [-0.15, -0.1) is 0 Å². The Morgan fingerprint density at radius 2 is 2.04 bits per heavy atom. The first-order valence-electron chi connectivity index (χ1n) is 7.51. The van der Waals surface area contributed by atoms with Gasteiger partial charge >= 0.3 is 0 Å². The molecule has 0 aliphatic carbocycles. The minimum atomic E-state index is -0.499. The Hall–Kier alpha value is -2.44. The molecule has 0 aliphatic rings. The van der Waals surface area contributed by atoms with Gasteiger partial charge in [-0.25, -0.2) is 0 Å². The molecular formula is C17H19ClN3O3+. The maximum Gasteiger partial charge on any atom is 0.293 e. The highest BCUT2D eigenvalue weighted by Crippen LogP contribution is 2.27. The van der Waals surface area contributed by atoms with Gasteiger partial charge in [-0.05, 0) is 31.5 Å². The van der Waals surface area contributed by atoms with E-state index in [1.165, 1.54) is 6.07 Å². The summed E-state index contributed by atoms with van der Waals surface area (Å²) in [5.41, 5.74) is 1.81. The number of amides is 1. The minimum Gasteiger partial charge on any atom is -0.333 e. The van der Waals surface area contributed by atoms with Gasteiger partial charge < -0.3 is 10.6 Å². The van der Waals surface area contributed by atoms with Crippen molar-refractivity contribution in [1.82, 2.24) is 0 Å². The van der Waals surface area contributed by atoms with E-state index in [1.54, 1.807) is 25.1 Å². The molecule has 0 spiro atoms. The number of nitrogens with one attached hydrogen (secondary N) is 1. The quantitative estimate of drug-likeness (QED) is 0.621. The number of hydrogen-bond acceptors (Lipinski definition) is 3. The molecule has 2 aromatic rings. The number of para-hydroxylation sites is 1. The molecule has 7 heteroatoms. The van der Waals surface area contributed by atoms with Crippen LogP contribution in [-0.4, -0.2) is 17.4 Å². The summed E-state index contributed by atoms with van der Waals surface area (Å²) in [5.74, 6) is -0.290. The molecule has 1 amide bonds. The van der Waals surface area contributed by atoms with E-state index in [4.69, 9.17) is 11.6 Å². The number of carbonyl (C=O) groups is 1. The molecule has 0 heterocycles. The molecule has 24 heavy (non-hydrogen) atoms. The number of carbonyl (C=O) groups excluding carboxylic acids is 1. The fraction of sp³-hybridized carbons (Fsp3) is 0.235. The molecule has 0 aliphatic heterocycles. The average Bonchev–Trinajstić information content (AvgIpc) is 2.54. The summed E-state index contributed by atoms with van der Waals surface area (Å²) in [7, 11) is 0. The summed E-state index contributed by atoms with van der Waals surface area (Å²) in [4.78, 5) is 22.7. The number of nitrogens with two attached hydrogens (primary N) is 1. The van der Waals surface area contributed by atoms with Crippen molar-refractivity contribution in [1.29, 1.82) is 0 Å². The van der Waals surface area contributed by atoms with Crippen molar-refractivity contribution in [2.45, 2.75) is 19.9 Å². The molecule has 0 saturated carbocycles. The number of nitrogens with zero attached hydrogens (tertiary/aromatic N) is 1. The Kier molecular flexibility index (Phi) is 5.89. The van der Waals surface area contributed by atoms with E-state index in [0.29, 0.717) is 10.6 Å². The van der Waals surface area contributed by atoms with Crippen molar-refractivity contribution in [3.8, 4) is 0 Å². The molecule has 1 atom stereocenters. The van der Waals surface area contributed by atoms with Gasteiger partial charge in [0, 0.05) is 16.7 Å². The van der Waals surface area contributed by atoms with E-state index >= 15 is 0 Å². The van der Waals surface area contributed by atoms with Crippen molar-refractivity contribution < 1.29 is 15.0 Å². The third-order valence-electron chi connectivity index (χ3n) is 3.74. The van der Waals surface area contributed by atoms with E-state index in [1.807, 2.05) is 30.4 Å². The smallest absolute Gasteiger partial charge is 0.293 e. The number of anilines is 1. The van der Waals surface area contributed by atoms with Gasteiger partial charge in [0.05, 0.1) is 4.92 Å². The molecule has 0 bridgehead atoms. The Morgan fingerprint density at radius 1 is 1.33 bits per heavy atom. The molecule has 2 aromatic carbocycles. The molecule has 0 aromatic heterocycles. The van der Waals surface area contributed by atoms with Crippen LogP contribution in [0.25, 0.3) is 0 Å². The van der Waals surface area contributed by atoms with Gasteiger partial charge in [-0.2, -0.15) is 0 Å². The van der Waals surface area contributed by atoms with Gasteiger partial charge in [-0.3, -0.25) is 14.9 Å². The van der Waals surface area contributed by atoms with Crippen LogP contribution >= 0.6 is 11.6 Å². The second kappa shape index (κ2) is 7.90. The van der Waals surface area contributed by atoms with Crippen LogP contribution in [0.15, 0.2) is 42.5 Å². The van der Waals surface area contributed by atoms with Gasteiger partial charge in [0.15, 0.2) is 6.54 Å². The Bertz CT molecular complexity index is 764. The summed E-state index contributed by atoms with van der Waals surface area (Å²) in [6.45, 7) is 3.84. The highest BCUT2D eigenvalue weighted by Gasteiger charge is 2.19. The predicted octanol–water partition coefficient (Wildman–Crippen LogP) is 2.82. The lowest BCUT2D eigenvalue weighted by Crippen LogP contribution is -2.86. The van der Waals surface area contributed by atoms with E-state index in [-0.39, 0.29) is 29.9 Å². The summed E-state index contributed by atoms with van der Waals surface area (Å²) in [5, 5.41) is 16.2. The summed E-state index contributed by atoms with van der Waals surface area (Å²) >= 11 is 5.97. The van der Waals surface area contributed by atoms with E-state index in [0.717, 1.165) is 5.56 Å². The molecule has 0 radical (unpaired) electrons. The van der Waals surface area contributed by atoms with Crippen LogP contribution in [0.5, 0.6) is 0 Å². The number of halogens is 1. The molecule has 0 unspecified atom stereocenters. The fourth-order valence-electron chi connectivity index (χ4n) is 2.37. The highest BCUT2D eigenvalue weighted by molar-refractivity contribution is 6.30. The third kappa shape index (κ3) is 4.53. The second-order valence-electron chi connectivity index (χ2n) is 5.56. The average molecular weight is 349 g/mol. The maximum absolute atomic E-state index is 12.2. The zero-order valence-electron chi connectivity index (χ0n) is 13.5. The number of quaternary nitrogens is 1. The van der Waals surface area contributed by atoms with E-state index in [2.05, 4.69) is 5.32 Å². The summed E-state index contributed by atoms with van der Waals surface area (Å²) in [6, 6.07) is 12.2. The van der Waals surface area contributed by atoms with E-state index in [9.17, 15) is 14.9 Å². The van der Waals surface area contributed by atoms with Crippen LogP contribution in [0.2, 0.25) is 5.02 Å². The zero-order valence-corrected chi connectivity index (χ0v) is 14.2. The van der Waals surface area contributed by atoms with Crippen LogP contribution in [0, 0.1) is 17.0 Å². The van der Waals surface area contributed by atoms with Gasteiger partial charge in [-0.1, -0.05) is 35.9 Å². The zero-order chi connectivity index (χ0) is 17.7. The Labute approximate surface area is 145 Å². The maximum atomic E-state index is 12.2. The van der Waals surface area contributed by atoms with Crippen LogP contribution in [0.4, 0.5) is 11.4 Å². The molecule has 6 nitrogen and oxygen atoms in total. The monoisotopic (exact) mass is 348 g/mol. The number of nitro benzene ring substituents is 1. The van der Waals surface area contributed by atoms with Crippen molar-refractivity contribution in [3.63, 3.8) is 0 Å². The highest BCUT2D eigenvalue weighted by atomic mass is 35.5. The first-order valence-corrected chi connectivity index (χ1v) is 7.89. The number of hydrogen-bond donors (Lipinski definition) is 2. The number of benzene rings is 2. The number of rotatable bonds is 6. The molecule has 2 rings (SSSR count). The molecule has 0 fully saturated rings. The Morgan fingerprint density at radius 3 is 2.71 bits per heavy atom. The number of nitro groups is 1. The van der Waals surface area contributed by atoms with Gasteiger partial charge in [0.25, 0.3) is 11.6 Å². The standard InChI is InChI=1S/C17H18ClN3O3/c1-11-5-3-8-15(21(23)24)17(11)20-16(22)10-19-12(2)13-6-4-7-14(18)9-13/h3-9,12,19H,10H2,1-2H3,(H,20,22)/p+1/t12-/m1/s1. The molecule has 126 valence electrons. The van der Waals surface area contributed by atoms with Crippen LogP contribution in [0.3, 0.4) is 0 Å². The first kappa shape index (κ1) is 17.9. The van der Waals surface area contributed by atoms with Crippen molar-refractivity contribution in [2.24, 2.45) is 0 Å². The normalized spacial score (nSPS) is 11.8. The summed E-state index contributed by atoms with van der Waals surface area (Å²) in [6.07, 6.45) is 0. The van der Waals surface area contributed by atoms with Crippen molar-refractivity contribution >= 4 is 28.9 Å².